The molecule has 2 amide bonds. The summed E-state index contributed by atoms with van der Waals surface area (Å²) in [6.07, 6.45) is 1.95. The molecule has 3 N–H and O–H groups in total. The van der Waals surface area contributed by atoms with Crippen LogP contribution in [0.3, 0.4) is 0 Å². The second-order valence-corrected chi connectivity index (χ2v) is 6.50. The first kappa shape index (κ1) is 24.7. The van der Waals surface area contributed by atoms with Crippen molar-refractivity contribution in [1.29, 1.82) is 0 Å². The van der Waals surface area contributed by atoms with Crippen LogP contribution < -0.4 is 11.1 Å². The molecule has 0 saturated carbocycles. The van der Waals surface area contributed by atoms with E-state index >= 15 is 0 Å². The summed E-state index contributed by atoms with van der Waals surface area (Å²) in [5.74, 6) is -0.253. The highest BCUT2D eigenvalue weighted by Gasteiger charge is 2.28. The summed E-state index contributed by atoms with van der Waals surface area (Å²) in [6.45, 7) is 6.97. The summed E-state index contributed by atoms with van der Waals surface area (Å²) in [7, 11) is 3.93. The maximum Gasteiger partial charge on any atom is 0.241 e. The maximum atomic E-state index is 12.2. The van der Waals surface area contributed by atoms with Crippen molar-refractivity contribution >= 4 is 36.6 Å². The Morgan fingerprint density at radius 2 is 1.91 bits per heavy atom. The molecule has 138 valence electrons. The molecule has 0 aromatic rings. The molecule has 0 spiro atoms. The van der Waals surface area contributed by atoms with Crippen LogP contribution in [0.1, 0.15) is 33.6 Å². The van der Waals surface area contributed by atoms with Gasteiger partial charge < -0.3 is 20.9 Å². The minimum atomic E-state index is -0.563. The number of nitrogens with zero attached hydrogens (tertiary/aromatic N) is 2. The van der Waals surface area contributed by atoms with E-state index in [1.54, 1.807) is 4.90 Å². The van der Waals surface area contributed by atoms with Crippen molar-refractivity contribution in [2.24, 2.45) is 11.7 Å². The van der Waals surface area contributed by atoms with Crippen LogP contribution in [-0.2, 0) is 9.59 Å². The maximum absolute atomic E-state index is 12.2. The molecule has 3 atom stereocenters. The predicted octanol–water partition coefficient (Wildman–Crippen LogP) is 0.871. The van der Waals surface area contributed by atoms with E-state index in [-0.39, 0.29) is 55.1 Å². The van der Waals surface area contributed by atoms with Crippen LogP contribution in [0.15, 0.2) is 0 Å². The quantitative estimate of drug-likeness (QED) is 0.752. The van der Waals surface area contributed by atoms with Gasteiger partial charge in [0.1, 0.15) is 0 Å². The lowest BCUT2D eigenvalue weighted by molar-refractivity contribution is -0.134. The highest BCUT2D eigenvalue weighted by atomic mass is 35.5. The molecule has 6 nitrogen and oxygen atoms in total. The number of likely N-dealkylation sites (tertiary alicyclic amines) is 1. The van der Waals surface area contributed by atoms with E-state index in [0.29, 0.717) is 6.04 Å². The number of piperidine rings is 1. The van der Waals surface area contributed by atoms with Crippen LogP contribution in [0.5, 0.6) is 0 Å². The molecule has 23 heavy (non-hydrogen) atoms. The summed E-state index contributed by atoms with van der Waals surface area (Å²) in [5.41, 5.74) is 5.76. The number of hydrogen-bond acceptors (Lipinski definition) is 4. The third-order valence-corrected chi connectivity index (χ3v) is 4.56. The van der Waals surface area contributed by atoms with Crippen molar-refractivity contribution in [3.63, 3.8) is 0 Å². The number of rotatable bonds is 5. The van der Waals surface area contributed by atoms with Gasteiger partial charge >= 0.3 is 0 Å². The van der Waals surface area contributed by atoms with Crippen molar-refractivity contribution < 1.29 is 9.59 Å². The zero-order valence-corrected chi connectivity index (χ0v) is 16.4. The van der Waals surface area contributed by atoms with Crippen molar-refractivity contribution in [3.8, 4) is 0 Å². The summed E-state index contributed by atoms with van der Waals surface area (Å²) < 4.78 is 0. The third-order valence-electron chi connectivity index (χ3n) is 4.56. The number of nitrogens with one attached hydrogen (secondary N) is 1. The van der Waals surface area contributed by atoms with E-state index in [1.165, 1.54) is 0 Å². The van der Waals surface area contributed by atoms with E-state index < -0.39 is 6.04 Å². The number of hydrogen-bond donors (Lipinski definition) is 2. The van der Waals surface area contributed by atoms with E-state index in [9.17, 15) is 9.59 Å². The van der Waals surface area contributed by atoms with Gasteiger partial charge in [-0.1, -0.05) is 13.8 Å². The lowest BCUT2D eigenvalue weighted by Crippen LogP contribution is -2.51. The average molecular weight is 371 g/mol. The van der Waals surface area contributed by atoms with E-state index in [2.05, 4.69) is 24.2 Å². The van der Waals surface area contributed by atoms with Gasteiger partial charge in [0, 0.05) is 25.7 Å². The largest absolute Gasteiger partial charge is 0.346 e. The van der Waals surface area contributed by atoms with Gasteiger partial charge in [0.25, 0.3) is 0 Å². The second-order valence-electron chi connectivity index (χ2n) is 6.50. The Morgan fingerprint density at radius 3 is 2.39 bits per heavy atom. The van der Waals surface area contributed by atoms with Crippen molar-refractivity contribution in [1.82, 2.24) is 15.1 Å². The fourth-order valence-corrected chi connectivity index (χ4v) is 2.53. The van der Waals surface area contributed by atoms with E-state index in [1.807, 2.05) is 20.9 Å². The molecule has 1 aliphatic rings. The number of likely N-dealkylation sites (N-methyl/N-ethyl adjacent to an activating group) is 1. The number of carbonyl (C=O) groups excluding carboxylic acids is 2. The van der Waals surface area contributed by atoms with Crippen LogP contribution in [0.25, 0.3) is 0 Å². The fourth-order valence-electron chi connectivity index (χ4n) is 2.53. The van der Waals surface area contributed by atoms with Crippen molar-refractivity contribution in [2.45, 2.75) is 51.7 Å². The van der Waals surface area contributed by atoms with Gasteiger partial charge in [-0.3, -0.25) is 9.59 Å². The summed E-state index contributed by atoms with van der Waals surface area (Å²) in [4.78, 5) is 28.0. The SMILES string of the molecule is CC(C)[C@H](N)C(=O)NCC(=O)N(C)C1CCN(C)C(C)C1.Cl.Cl. The lowest BCUT2D eigenvalue weighted by Gasteiger charge is -2.39. The topological polar surface area (TPSA) is 78.7 Å². The van der Waals surface area contributed by atoms with Gasteiger partial charge in [-0.25, -0.2) is 0 Å². The van der Waals surface area contributed by atoms with Gasteiger partial charge in [0.05, 0.1) is 12.6 Å². The monoisotopic (exact) mass is 370 g/mol. The minimum Gasteiger partial charge on any atom is -0.346 e. The van der Waals surface area contributed by atoms with Crippen LogP contribution in [-0.4, -0.2) is 66.9 Å². The van der Waals surface area contributed by atoms with Crippen molar-refractivity contribution in [3.05, 3.63) is 0 Å². The molecule has 1 heterocycles. The number of carbonyl (C=O) groups is 2. The molecule has 0 radical (unpaired) electrons. The standard InChI is InChI=1S/C15H30N4O2.2ClH/c1-10(2)14(16)15(21)17-9-13(20)19(5)12-6-7-18(4)11(3)8-12;;/h10-12,14H,6-9,16H2,1-5H3,(H,17,21);2*1H/t11?,12?,14-;;/m0../s1. The molecule has 0 aromatic carbocycles. The van der Waals surface area contributed by atoms with E-state index in [4.69, 9.17) is 5.73 Å². The summed E-state index contributed by atoms with van der Waals surface area (Å²) >= 11 is 0. The Bertz CT molecular complexity index is 382. The summed E-state index contributed by atoms with van der Waals surface area (Å²) in [5, 5.41) is 2.64. The Kier molecular flexibility index (Phi) is 11.9. The summed E-state index contributed by atoms with van der Waals surface area (Å²) in [6, 6.07) is 0.161. The average Bonchev–Trinajstić information content (AvgIpc) is 2.45. The van der Waals surface area contributed by atoms with Gasteiger partial charge in [0.15, 0.2) is 0 Å². The first-order valence-corrected chi connectivity index (χ1v) is 7.73. The van der Waals surface area contributed by atoms with E-state index in [0.717, 1.165) is 19.4 Å². The van der Waals surface area contributed by atoms with Gasteiger partial charge in [0.2, 0.25) is 11.8 Å². The molecule has 1 fully saturated rings. The zero-order chi connectivity index (χ0) is 16.2. The zero-order valence-electron chi connectivity index (χ0n) is 14.7. The molecule has 0 bridgehead atoms. The Labute approximate surface area is 152 Å². The molecule has 1 saturated heterocycles. The lowest BCUT2D eigenvalue weighted by atomic mass is 9.98. The van der Waals surface area contributed by atoms with Gasteiger partial charge in [-0.15, -0.1) is 24.8 Å². The van der Waals surface area contributed by atoms with Crippen LogP contribution in [0.4, 0.5) is 0 Å². The fraction of sp³-hybridized carbons (Fsp3) is 0.867. The smallest absolute Gasteiger partial charge is 0.241 e. The molecular formula is C15H32Cl2N4O2. The van der Waals surface area contributed by atoms with Gasteiger partial charge in [-0.05, 0) is 32.7 Å². The molecule has 0 aromatic heterocycles. The van der Waals surface area contributed by atoms with Gasteiger partial charge in [-0.2, -0.15) is 0 Å². The molecule has 1 rings (SSSR count). The molecular weight excluding hydrogens is 339 g/mol. The highest BCUT2D eigenvalue weighted by molar-refractivity contribution is 5.87. The van der Waals surface area contributed by atoms with Crippen LogP contribution >= 0.6 is 24.8 Å². The number of nitrogens with two attached hydrogens (primary N) is 1. The Hall–Kier alpha value is -0.560. The van der Waals surface area contributed by atoms with Crippen molar-refractivity contribution in [2.75, 3.05) is 27.2 Å². The minimum absolute atomic E-state index is 0. The molecule has 2 unspecified atom stereocenters. The first-order chi connectivity index (χ1) is 9.73. The van der Waals surface area contributed by atoms with Crippen LogP contribution in [0, 0.1) is 5.92 Å². The second kappa shape index (κ2) is 11.1. The normalized spacial score (nSPS) is 22.6. The molecule has 0 aliphatic carbocycles. The predicted molar refractivity (Wildman–Crippen MR) is 98.2 cm³/mol. The highest BCUT2D eigenvalue weighted by Crippen LogP contribution is 2.19. The number of halogens is 2. The third kappa shape index (κ3) is 7.25. The number of amides is 2. The Balaban J connectivity index is 0. The molecule has 8 heteroatoms. The molecule has 1 aliphatic heterocycles. The Morgan fingerprint density at radius 1 is 1.35 bits per heavy atom. The first-order valence-electron chi connectivity index (χ1n) is 7.73. The van der Waals surface area contributed by atoms with Crippen LogP contribution in [0.2, 0.25) is 0 Å².